The number of benzene rings is 1. The SMILES string of the molecule is CN(CCCC1CCNCC1)Cc1ccccc1Cl. The van der Waals surface area contributed by atoms with Gasteiger partial charge in [0.25, 0.3) is 0 Å². The lowest BCUT2D eigenvalue weighted by Crippen LogP contribution is -2.28. The maximum Gasteiger partial charge on any atom is 0.0451 e. The van der Waals surface area contributed by atoms with Gasteiger partial charge in [-0.2, -0.15) is 0 Å². The van der Waals surface area contributed by atoms with Crippen LogP contribution in [0.15, 0.2) is 24.3 Å². The number of hydrogen-bond donors (Lipinski definition) is 1. The lowest BCUT2D eigenvalue weighted by atomic mass is 9.93. The zero-order valence-electron chi connectivity index (χ0n) is 11.9. The summed E-state index contributed by atoms with van der Waals surface area (Å²) in [5, 5.41) is 4.31. The van der Waals surface area contributed by atoms with Crippen LogP contribution in [0, 0.1) is 5.92 Å². The molecule has 3 heteroatoms. The van der Waals surface area contributed by atoms with Crippen molar-refractivity contribution >= 4 is 11.6 Å². The highest BCUT2D eigenvalue weighted by Crippen LogP contribution is 2.19. The van der Waals surface area contributed by atoms with Gasteiger partial charge in [0, 0.05) is 11.6 Å². The van der Waals surface area contributed by atoms with Crippen molar-refractivity contribution in [2.24, 2.45) is 5.92 Å². The second-order valence-corrected chi connectivity index (χ2v) is 6.07. The van der Waals surface area contributed by atoms with Gasteiger partial charge in [0.1, 0.15) is 0 Å². The molecule has 0 amide bonds. The monoisotopic (exact) mass is 280 g/mol. The molecule has 1 aromatic rings. The second-order valence-electron chi connectivity index (χ2n) is 5.66. The van der Waals surface area contributed by atoms with E-state index >= 15 is 0 Å². The van der Waals surface area contributed by atoms with Crippen LogP contribution in [0.4, 0.5) is 0 Å². The van der Waals surface area contributed by atoms with Crippen molar-refractivity contribution in [1.29, 1.82) is 0 Å². The summed E-state index contributed by atoms with van der Waals surface area (Å²) in [5.74, 6) is 0.940. The summed E-state index contributed by atoms with van der Waals surface area (Å²) in [6, 6.07) is 8.14. The molecule has 0 saturated carbocycles. The van der Waals surface area contributed by atoms with Crippen molar-refractivity contribution in [2.45, 2.75) is 32.2 Å². The Morgan fingerprint density at radius 1 is 1.26 bits per heavy atom. The van der Waals surface area contributed by atoms with E-state index in [0.29, 0.717) is 0 Å². The number of nitrogens with one attached hydrogen (secondary N) is 1. The first kappa shape index (κ1) is 14.8. The first-order valence-electron chi connectivity index (χ1n) is 7.38. The van der Waals surface area contributed by atoms with Crippen LogP contribution in [0.5, 0.6) is 0 Å². The molecule has 0 atom stereocenters. The summed E-state index contributed by atoms with van der Waals surface area (Å²) in [7, 11) is 2.19. The number of piperidine rings is 1. The molecule has 1 aromatic carbocycles. The maximum absolute atomic E-state index is 6.19. The fourth-order valence-corrected chi connectivity index (χ4v) is 3.01. The zero-order chi connectivity index (χ0) is 13.5. The molecule has 19 heavy (non-hydrogen) atoms. The molecule has 0 unspecified atom stereocenters. The summed E-state index contributed by atoms with van der Waals surface area (Å²) < 4.78 is 0. The topological polar surface area (TPSA) is 15.3 Å². The van der Waals surface area contributed by atoms with Crippen LogP contribution in [0.25, 0.3) is 0 Å². The van der Waals surface area contributed by atoms with Crippen molar-refractivity contribution in [1.82, 2.24) is 10.2 Å². The number of rotatable bonds is 6. The fraction of sp³-hybridized carbons (Fsp3) is 0.625. The Kier molecular flexibility index (Phi) is 6.15. The Balaban J connectivity index is 1.67. The molecule has 1 fully saturated rings. The first-order valence-corrected chi connectivity index (χ1v) is 7.76. The van der Waals surface area contributed by atoms with Crippen molar-refractivity contribution in [2.75, 3.05) is 26.7 Å². The van der Waals surface area contributed by atoms with E-state index in [1.807, 2.05) is 12.1 Å². The quantitative estimate of drug-likeness (QED) is 0.857. The van der Waals surface area contributed by atoms with E-state index in [1.54, 1.807) is 0 Å². The highest BCUT2D eigenvalue weighted by Gasteiger charge is 2.12. The predicted molar refractivity (Wildman–Crippen MR) is 82.6 cm³/mol. The molecule has 0 bridgehead atoms. The van der Waals surface area contributed by atoms with Crippen molar-refractivity contribution in [3.8, 4) is 0 Å². The molecule has 1 aliphatic rings. The van der Waals surface area contributed by atoms with Crippen LogP contribution >= 0.6 is 11.6 Å². The van der Waals surface area contributed by atoms with Gasteiger partial charge in [0.05, 0.1) is 0 Å². The normalized spacial score (nSPS) is 17.0. The molecule has 0 radical (unpaired) electrons. The third-order valence-corrected chi connectivity index (χ3v) is 4.38. The molecule has 2 nitrogen and oxygen atoms in total. The van der Waals surface area contributed by atoms with E-state index in [4.69, 9.17) is 11.6 Å². The van der Waals surface area contributed by atoms with E-state index in [0.717, 1.165) is 24.0 Å². The van der Waals surface area contributed by atoms with Gasteiger partial charge in [0.2, 0.25) is 0 Å². The number of nitrogens with zero attached hydrogens (tertiary/aromatic N) is 1. The number of halogens is 1. The molecular formula is C16H25ClN2. The van der Waals surface area contributed by atoms with E-state index in [2.05, 4.69) is 29.4 Å². The van der Waals surface area contributed by atoms with Crippen LogP contribution < -0.4 is 5.32 Å². The van der Waals surface area contributed by atoms with Crippen molar-refractivity contribution in [3.63, 3.8) is 0 Å². The predicted octanol–water partition coefficient (Wildman–Crippen LogP) is 3.55. The number of hydrogen-bond acceptors (Lipinski definition) is 2. The summed E-state index contributed by atoms with van der Waals surface area (Å²) in [6.07, 6.45) is 5.38. The minimum atomic E-state index is 0.882. The first-order chi connectivity index (χ1) is 9.25. The largest absolute Gasteiger partial charge is 0.317 e. The highest BCUT2D eigenvalue weighted by molar-refractivity contribution is 6.31. The smallest absolute Gasteiger partial charge is 0.0451 e. The molecule has 1 N–H and O–H groups in total. The molecule has 2 rings (SSSR count). The average Bonchev–Trinajstić information content (AvgIpc) is 2.43. The molecule has 0 aromatic heterocycles. The Morgan fingerprint density at radius 2 is 2.00 bits per heavy atom. The van der Waals surface area contributed by atoms with Crippen LogP contribution in [-0.4, -0.2) is 31.6 Å². The standard InChI is InChI=1S/C16H25ClN2/c1-19(13-15-6-2-3-7-16(15)17)12-4-5-14-8-10-18-11-9-14/h2-3,6-7,14,18H,4-5,8-13H2,1H3. The van der Waals surface area contributed by atoms with Gasteiger partial charge in [-0.15, -0.1) is 0 Å². The summed E-state index contributed by atoms with van der Waals surface area (Å²) >= 11 is 6.19. The van der Waals surface area contributed by atoms with Gasteiger partial charge in [-0.05, 0) is 69.9 Å². The Bertz CT molecular complexity index is 375. The van der Waals surface area contributed by atoms with E-state index in [-0.39, 0.29) is 0 Å². The molecule has 106 valence electrons. The van der Waals surface area contributed by atoms with Crippen molar-refractivity contribution < 1.29 is 0 Å². The third kappa shape index (κ3) is 5.13. The van der Waals surface area contributed by atoms with Gasteiger partial charge >= 0.3 is 0 Å². The average molecular weight is 281 g/mol. The summed E-state index contributed by atoms with van der Waals surface area (Å²) in [6.45, 7) is 4.53. The van der Waals surface area contributed by atoms with Crippen molar-refractivity contribution in [3.05, 3.63) is 34.9 Å². The molecule has 0 spiro atoms. The van der Waals surface area contributed by atoms with Gasteiger partial charge in [0.15, 0.2) is 0 Å². The molecule has 1 aliphatic heterocycles. The fourth-order valence-electron chi connectivity index (χ4n) is 2.82. The zero-order valence-corrected chi connectivity index (χ0v) is 12.6. The summed E-state index contributed by atoms with van der Waals surface area (Å²) in [4.78, 5) is 2.38. The minimum Gasteiger partial charge on any atom is -0.317 e. The van der Waals surface area contributed by atoms with Crippen LogP contribution in [0.2, 0.25) is 5.02 Å². The molecular weight excluding hydrogens is 256 g/mol. The molecule has 1 saturated heterocycles. The maximum atomic E-state index is 6.19. The van der Waals surface area contributed by atoms with E-state index in [1.165, 1.54) is 44.3 Å². The van der Waals surface area contributed by atoms with E-state index < -0.39 is 0 Å². The minimum absolute atomic E-state index is 0.882. The third-order valence-electron chi connectivity index (χ3n) is 4.01. The van der Waals surface area contributed by atoms with Crippen LogP contribution in [-0.2, 0) is 6.54 Å². The van der Waals surface area contributed by atoms with E-state index in [9.17, 15) is 0 Å². The summed E-state index contributed by atoms with van der Waals surface area (Å²) in [5.41, 5.74) is 1.23. The van der Waals surface area contributed by atoms with Gasteiger partial charge in [-0.1, -0.05) is 29.8 Å². The van der Waals surface area contributed by atoms with Gasteiger partial charge in [-0.25, -0.2) is 0 Å². The Hall–Kier alpha value is -0.570. The lowest BCUT2D eigenvalue weighted by Gasteiger charge is -2.24. The van der Waals surface area contributed by atoms with Gasteiger partial charge in [-0.3, -0.25) is 0 Å². The molecule has 1 heterocycles. The molecule has 0 aliphatic carbocycles. The lowest BCUT2D eigenvalue weighted by molar-refractivity contribution is 0.286. The van der Waals surface area contributed by atoms with Crippen LogP contribution in [0.1, 0.15) is 31.2 Å². The van der Waals surface area contributed by atoms with Gasteiger partial charge < -0.3 is 10.2 Å². The second kappa shape index (κ2) is 7.88. The Labute approximate surface area is 122 Å². The highest BCUT2D eigenvalue weighted by atomic mass is 35.5. The van der Waals surface area contributed by atoms with Crippen LogP contribution in [0.3, 0.4) is 0 Å². The Morgan fingerprint density at radius 3 is 2.74 bits per heavy atom.